The lowest BCUT2D eigenvalue weighted by Gasteiger charge is -2.39. The van der Waals surface area contributed by atoms with Crippen LogP contribution in [0.15, 0.2) is 36.4 Å². The molecule has 13 nitrogen and oxygen atoms in total. The highest BCUT2D eigenvalue weighted by atomic mass is 31.2. The second-order valence-electron chi connectivity index (χ2n) is 17.5. The lowest BCUT2D eigenvalue weighted by Crippen LogP contribution is -2.63. The smallest absolute Gasteiger partial charge is 0.336 e. The number of ether oxygens (including phenoxy) is 1. The standard InChI is InChI=1S/C40H63N4O9P/c1-37(2,3)51-33(46)24-30-29(28-19-17-27(18-20-28)26-54(50,52-38(4,5)6)53-39(7,8)9)16-12-10-15-23-42-35(48)31(25-32(41)45)43-36(49)40(44-34(30)47)21-13-11-14-22-40/h12,16-20,29-31H,10-11,13-15,21-26H2,1-9H3,(H2,41,45)(H,42,48)(H,43,49)(H,44,47)/b16-12+/t29-,30+,31+/m1/s1. The van der Waals surface area contributed by atoms with Gasteiger partial charge in [-0.25, -0.2) is 0 Å². The van der Waals surface area contributed by atoms with E-state index in [2.05, 4.69) is 16.0 Å². The number of esters is 1. The summed E-state index contributed by atoms with van der Waals surface area (Å²) in [5, 5.41) is 8.54. The number of carbonyl (C=O) groups is 5. The minimum absolute atomic E-state index is 0.0181. The number of hydrogen-bond donors (Lipinski definition) is 4. The molecule has 0 bridgehead atoms. The zero-order valence-electron chi connectivity index (χ0n) is 33.7. The molecule has 1 aliphatic carbocycles. The van der Waals surface area contributed by atoms with E-state index in [-0.39, 0.29) is 19.1 Å². The van der Waals surface area contributed by atoms with E-state index in [9.17, 15) is 28.5 Å². The summed E-state index contributed by atoms with van der Waals surface area (Å²) in [5.74, 6) is -4.61. The average molecular weight is 775 g/mol. The number of allylic oxidation sites excluding steroid dienone is 2. The van der Waals surface area contributed by atoms with E-state index in [4.69, 9.17) is 19.5 Å². The van der Waals surface area contributed by atoms with E-state index < -0.39 is 83.8 Å². The van der Waals surface area contributed by atoms with Crippen molar-refractivity contribution in [3.63, 3.8) is 0 Å². The van der Waals surface area contributed by atoms with Gasteiger partial charge in [0.15, 0.2) is 0 Å². The van der Waals surface area contributed by atoms with Gasteiger partial charge in [0.2, 0.25) is 23.6 Å². The second kappa shape index (κ2) is 18.4. The van der Waals surface area contributed by atoms with Gasteiger partial charge in [-0.2, -0.15) is 0 Å². The molecule has 2 aliphatic rings. The Morgan fingerprint density at radius 1 is 0.833 bits per heavy atom. The molecule has 1 spiro atoms. The highest BCUT2D eigenvalue weighted by Crippen LogP contribution is 2.57. The average Bonchev–Trinajstić information content (AvgIpc) is 3.00. The lowest BCUT2D eigenvalue weighted by atomic mass is 9.78. The molecular formula is C40H63N4O9P. The summed E-state index contributed by atoms with van der Waals surface area (Å²) in [7, 11) is -3.61. The Morgan fingerprint density at radius 2 is 1.43 bits per heavy atom. The van der Waals surface area contributed by atoms with E-state index in [1.165, 1.54) is 0 Å². The first-order chi connectivity index (χ1) is 24.9. The van der Waals surface area contributed by atoms with Crippen molar-refractivity contribution in [2.24, 2.45) is 11.7 Å². The minimum Gasteiger partial charge on any atom is -0.460 e. The summed E-state index contributed by atoms with van der Waals surface area (Å²) in [5.41, 5.74) is 3.21. The van der Waals surface area contributed by atoms with Crippen LogP contribution in [0.5, 0.6) is 0 Å². The van der Waals surface area contributed by atoms with E-state index >= 15 is 0 Å². The second-order valence-corrected chi connectivity index (χ2v) is 19.4. The third kappa shape index (κ3) is 14.6. The molecule has 0 unspecified atom stereocenters. The third-order valence-corrected chi connectivity index (χ3v) is 11.3. The predicted molar refractivity (Wildman–Crippen MR) is 207 cm³/mol. The maximum atomic E-state index is 14.6. The van der Waals surface area contributed by atoms with Gasteiger partial charge in [-0.3, -0.25) is 28.5 Å². The van der Waals surface area contributed by atoms with Gasteiger partial charge >= 0.3 is 13.6 Å². The fraction of sp³-hybridized carbons (Fsp3) is 0.675. The van der Waals surface area contributed by atoms with Crippen LogP contribution in [-0.2, 0) is 48.5 Å². The maximum absolute atomic E-state index is 14.6. The molecule has 14 heteroatoms. The molecule has 1 heterocycles. The Morgan fingerprint density at radius 3 is 1.96 bits per heavy atom. The van der Waals surface area contributed by atoms with Gasteiger partial charge in [-0.15, -0.1) is 0 Å². The van der Waals surface area contributed by atoms with Crippen molar-refractivity contribution in [2.75, 3.05) is 6.54 Å². The summed E-state index contributed by atoms with van der Waals surface area (Å²) >= 11 is 0. The maximum Gasteiger partial charge on any atom is 0.336 e. The molecule has 302 valence electrons. The van der Waals surface area contributed by atoms with Crippen molar-refractivity contribution in [3.05, 3.63) is 47.5 Å². The monoisotopic (exact) mass is 774 g/mol. The fourth-order valence-electron chi connectivity index (χ4n) is 6.81. The molecule has 1 aromatic rings. The largest absolute Gasteiger partial charge is 0.460 e. The van der Waals surface area contributed by atoms with Crippen LogP contribution in [0, 0.1) is 5.92 Å². The molecule has 4 amide bonds. The van der Waals surface area contributed by atoms with Gasteiger partial charge in [0, 0.05) is 12.5 Å². The Labute approximate surface area is 321 Å². The van der Waals surface area contributed by atoms with Crippen molar-refractivity contribution in [3.8, 4) is 0 Å². The van der Waals surface area contributed by atoms with Crippen molar-refractivity contribution in [2.45, 2.75) is 161 Å². The van der Waals surface area contributed by atoms with E-state index in [0.29, 0.717) is 49.7 Å². The number of benzene rings is 1. The van der Waals surface area contributed by atoms with Crippen molar-refractivity contribution in [1.29, 1.82) is 0 Å². The summed E-state index contributed by atoms with van der Waals surface area (Å²) in [6, 6.07) is 6.09. The van der Waals surface area contributed by atoms with Crippen LogP contribution in [0.4, 0.5) is 0 Å². The Bertz CT molecular complexity index is 1540. The number of rotatable bonds is 9. The molecule has 54 heavy (non-hydrogen) atoms. The highest BCUT2D eigenvalue weighted by Gasteiger charge is 2.45. The molecule has 1 fully saturated rings. The lowest BCUT2D eigenvalue weighted by molar-refractivity contribution is -0.157. The molecule has 5 N–H and O–H groups in total. The molecule has 1 aliphatic heterocycles. The Hall–Kier alpha value is -3.54. The van der Waals surface area contributed by atoms with Gasteiger partial charge in [-0.05, 0) is 99.1 Å². The first kappa shape index (κ1) is 44.9. The summed E-state index contributed by atoms with van der Waals surface area (Å²) in [4.78, 5) is 67.2. The fourth-order valence-corrected chi connectivity index (χ4v) is 9.30. The van der Waals surface area contributed by atoms with Crippen molar-refractivity contribution >= 4 is 37.2 Å². The van der Waals surface area contributed by atoms with E-state index in [1.807, 2.05) is 78.0 Å². The number of primary amides is 1. The van der Waals surface area contributed by atoms with Gasteiger partial charge in [0.1, 0.15) is 17.2 Å². The number of carbonyl (C=O) groups excluding carboxylic acids is 5. The summed E-state index contributed by atoms with van der Waals surface area (Å²) in [6.45, 7) is 16.4. The first-order valence-corrected chi connectivity index (χ1v) is 20.8. The van der Waals surface area contributed by atoms with Gasteiger partial charge in [0.05, 0.1) is 36.1 Å². The van der Waals surface area contributed by atoms with Crippen LogP contribution in [0.2, 0.25) is 0 Å². The molecule has 0 radical (unpaired) electrons. The minimum atomic E-state index is -3.61. The zero-order valence-corrected chi connectivity index (χ0v) is 34.6. The van der Waals surface area contributed by atoms with E-state index in [1.54, 1.807) is 20.8 Å². The van der Waals surface area contributed by atoms with Gasteiger partial charge < -0.3 is 35.5 Å². The molecule has 0 saturated heterocycles. The molecular weight excluding hydrogens is 711 g/mol. The van der Waals surface area contributed by atoms with Crippen molar-refractivity contribution in [1.82, 2.24) is 16.0 Å². The summed E-state index contributed by atoms with van der Waals surface area (Å²) < 4.78 is 31.8. The van der Waals surface area contributed by atoms with Crippen LogP contribution in [0.1, 0.15) is 137 Å². The molecule has 3 rings (SSSR count). The predicted octanol–water partition coefficient (Wildman–Crippen LogP) is 6.09. The Kier molecular flexibility index (Phi) is 15.3. The van der Waals surface area contributed by atoms with Crippen LogP contribution in [-0.4, -0.2) is 64.5 Å². The first-order valence-electron chi connectivity index (χ1n) is 19.1. The summed E-state index contributed by atoms with van der Waals surface area (Å²) in [6.07, 6.45) is 6.90. The van der Waals surface area contributed by atoms with Crippen molar-refractivity contribution < 1.29 is 42.3 Å². The highest BCUT2D eigenvalue weighted by molar-refractivity contribution is 7.53. The normalized spacial score (nSPS) is 22.9. The Balaban J connectivity index is 2.11. The number of nitrogens with one attached hydrogen (secondary N) is 3. The van der Waals surface area contributed by atoms with Crippen LogP contribution < -0.4 is 21.7 Å². The number of nitrogens with two attached hydrogens (primary N) is 1. The molecule has 0 aromatic heterocycles. The third-order valence-electron chi connectivity index (χ3n) is 8.87. The number of hydrogen-bond acceptors (Lipinski definition) is 9. The van der Waals surface area contributed by atoms with E-state index in [0.717, 1.165) is 6.42 Å². The molecule has 1 saturated carbocycles. The molecule has 3 atom stereocenters. The SMILES string of the molecule is CC(C)(C)OC(=O)C[C@@H]1C(=O)NC2(CCCCC2)C(=O)N[C@@H](CC(N)=O)C(=O)NCCC/C=C/[C@@H]1c1ccc(CP(=O)(OC(C)(C)C)OC(C)(C)C)cc1. The van der Waals surface area contributed by atoms with Gasteiger partial charge in [0.25, 0.3) is 0 Å². The number of amides is 4. The topological polar surface area (TPSA) is 192 Å². The van der Waals surface area contributed by atoms with Gasteiger partial charge in [-0.1, -0.05) is 55.7 Å². The van der Waals surface area contributed by atoms with Crippen LogP contribution in [0.3, 0.4) is 0 Å². The zero-order chi connectivity index (χ0) is 40.5. The molecule has 1 aromatic carbocycles. The quantitative estimate of drug-likeness (QED) is 0.131. The van der Waals surface area contributed by atoms with Crippen LogP contribution in [0.25, 0.3) is 0 Å². The van der Waals surface area contributed by atoms with Crippen LogP contribution >= 0.6 is 7.60 Å².